The second kappa shape index (κ2) is 9.09. The van der Waals surface area contributed by atoms with Crippen LogP contribution in [0, 0.1) is 17.6 Å². The van der Waals surface area contributed by atoms with Gasteiger partial charge in [-0.3, -0.25) is 4.79 Å². The van der Waals surface area contributed by atoms with Gasteiger partial charge in [0.05, 0.1) is 13.5 Å². The van der Waals surface area contributed by atoms with Crippen LogP contribution in [0.1, 0.15) is 54.4 Å². The first-order valence-corrected chi connectivity index (χ1v) is 11.6. The smallest absolute Gasteiger partial charge is 0.303 e. The maximum Gasteiger partial charge on any atom is 0.303 e. The Morgan fingerprint density at radius 1 is 1.06 bits per heavy atom. The van der Waals surface area contributed by atoms with Gasteiger partial charge in [0, 0.05) is 11.1 Å². The Bertz CT molecular complexity index is 1240. The predicted molar refractivity (Wildman–Crippen MR) is 124 cm³/mol. The first-order valence-electron chi connectivity index (χ1n) is 11.6. The molecule has 3 aromatic carbocycles. The Morgan fingerprint density at radius 3 is 2.59 bits per heavy atom. The summed E-state index contributed by atoms with van der Waals surface area (Å²) in [4.78, 5) is 11.4. The molecule has 2 aliphatic rings. The van der Waals surface area contributed by atoms with E-state index in [-0.39, 0.29) is 17.9 Å². The van der Waals surface area contributed by atoms with Crippen LogP contribution in [0.5, 0.6) is 11.5 Å². The molecule has 0 radical (unpaired) electrons. The van der Waals surface area contributed by atoms with Gasteiger partial charge in [-0.25, -0.2) is 8.78 Å². The zero-order chi connectivity index (χ0) is 23.8. The lowest BCUT2D eigenvalue weighted by molar-refractivity contribution is -0.137. The first kappa shape index (κ1) is 22.4. The van der Waals surface area contributed by atoms with Crippen LogP contribution in [-0.2, 0) is 11.2 Å². The number of hydrogen-bond donors (Lipinski definition) is 1. The molecule has 0 bridgehead atoms. The molecule has 0 spiro atoms. The lowest BCUT2D eigenvalue weighted by atomic mass is 9.88. The summed E-state index contributed by atoms with van der Waals surface area (Å²) in [7, 11) is 1.50. The molecule has 3 aromatic rings. The van der Waals surface area contributed by atoms with E-state index >= 15 is 4.39 Å². The number of hydrogen-bond acceptors (Lipinski definition) is 3. The molecule has 0 saturated heterocycles. The van der Waals surface area contributed by atoms with Crippen molar-refractivity contribution in [3.63, 3.8) is 0 Å². The third-order valence-corrected chi connectivity index (χ3v) is 6.88. The van der Waals surface area contributed by atoms with Gasteiger partial charge in [-0.2, -0.15) is 0 Å². The van der Waals surface area contributed by atoms with E-state index in [4.69, 9.17) is 9.47 Å². The molecule has 6 heteroatoms. The summed E-state index contributed by atoms with van der Waals surface area (Å²) in [6, 6.07) is 15.0. The number of halogens is 2. The second-order valence-corrected chi connectivity index (χ2v) is 9.14. The van der Waals surface area contributed by atoms with Crippen LogP contribution in [-0.4, -0.2) is 18.2 Å². The van der Waals surface area contributed by atoms with Crippen LogP contribution < -0.4 is 9.47 Å². The third-order valence-electron chi connectivity index (χ3n) is 6.88. The SMILES string of the molecule is COc1ccc(F)c(-c2ccc(C3CCc4ccc([C@@H](CC(=O)O)C5CC5)cc4O3)c(F)c2)c1. The molecule has 0 amide bonds. The van der Waals surface area contributed by atoms with Crippen molar-refractivity contribution in [2.24, 2.45) is 5.92 Å². The van der Waals surface area contributed by atoms with Gasteiger partial charge in [-0.15, -0.1) is 0 Å². The minimum atomic E-state index is -0.803. The summed E-state index contributed by atoms with van der Waals surface area (Å²) in [5.74, 6) is -0.150. The van der Waals surface area contributed by atoms with Gasteiger partial charge in [-0.1, -0.05) is 24.3 Å². The van der Waals surface area contributed by atoms with E-state index < -0.39 is 23.7 Å². The van der Waals surface area contributed by atoms with Crippen LogP contribution in [0.25, 0.3) is 11.1 Å². The van der Waals surface area contributed by atoms with Crippen molar-refractivity contribution in [2.75, 3.05) is 7.11 Å². The molecule has 4 nitrogen and oxygen atoms in total. The molecule has 1 fully saturated rings. The van der Waals surface area contributed by atoms with Crippen molar-refractivity contribution in [3.05, 3.63) is 82.9 Å². The fourth-order valence-corrected chi connectivity index (χ4v) is 4.89. The fourth-order valence-electron chi connectivity index (χ4n) is 4.89. The van der Waals surface area contributed by atoms with E-state index in [9.17, 15) is 14.3 Å². The molecule has 1 saturated carbocycles. The number of aryl methyl sites for hydroxylation is 1. The standard InChI is InChI=1S/C28H26F2O4/c1-33-20-8-10-24(29)23(14-20)18-6-9-21(25(30)12-18)26-11-7-17-4-5-19(13-27(17)34-26)22(15-28(31)32)16-2-3-16/h4-6,8-10,12-14,16,22,26H,2-3,7,11,15H2,1H3,(H,31,32)/t22-,26?/m0/s1. The predicted octanol–water partition coefficient (Wildman–Crippen LogP) is 6.68. The Labute approximate surface area is 197 Å². The largest absolute Gasteiger partial charge is 0.497 e. The average molecular weight is 465 g/mol. The Kier molecular flexibility index (Phi) is 5.98. The van der Waals surface area contributed by atoms with Crippen molar-refractivity contribution in [2.45, 2.75) is 44.1 Å². The highest BCUT2D eigenvalue weighted by molar-refractivity contribution is 5.68. The van der Waals surface area contributed by atoms with Gasteiger partial charge in [0.25, 0.3) is 0 Å². The minimum Gasteiger partial charge on any atom is -0.497 e. The van der Waals surface area contributed by atoms with E-state index in [0.29, 0.717) is 35.0 Å². The molecular weight excluding hydrogens is 438 g/mol. The topological polar surface area (TPSA) is 55.8 Å². The van der Waals surface area contributed by atoms with Gasteiger partial charge in [0.15, 0.2) is 0 Å². The summed E-state index contributed by atoms with van der Waals surface area (Å²) < 4.78 is 40.9. The van der Waals surface area contributed by atoms with Gasteiger partial charge in [0.2, 0.25) is 0 Å². The summed E-state index contributed by atoms with van der Waals surface area (Å²) >= 11 is 0. The number of methoxy groups -OCH3 is 1. The molecule has 1 heterocycles. The molecular formula is C28H26F2O4. The van der Waals surface area contributed by atoms with Crippen LogP contribution in [0.3, 0.4) is 0 Å². The second-order valence-electron chi connectivity index (χ2n) is 9.14. The summed E-state index contributed by atoms with van der Waals surface area (Å²) in [6.07, 6.45) is 3.08. The molecule has 1 aliphatic heterocycles. The molecule has 34 heavy (non-hydrogen) atoms. The number of aliphatic carboxylic acids is 1. The van der Waals surface area contributed by atoms with Crippen LogP contribution in [0.4, 0.5) is 8.78 Å². The summed E-state index contributed by atoms with van der Waals surface area (Å²) in [5, 5.41) is 9.33. The number of benzene rings is 3. The first-order chi connectivity index (χ1) is 16.4. The van der Waals surface area contributed by atoms with Crippen molar-refractivity contribution in [1.82, 2.24) is 0 Å². The number of carbonyl (C=O) groups is 1. The van der Waals surface area contributed by atoms with E-state index in [1.807, 2.05) is 18.2 Å². The lowest BCUT2D eigenvalue weighted by Gasteiger charge is -2.28. The molecule has 0 aromatic heterocycles. The average Bonchev–Trinajstić information content (AvgIpc) is 3.67. The van der Waals surface area contributed by atoms with Crippen molar-refractivity contribution in [3.8, 4) is 22.6 Å². The Hall–Kier alpha value is -3.41. The number of carboxylic acids is 1. The highest BCUT2D eigenvalue weighted by atomic mass is 19.1. The van der Waals surface area contributed by atoms with E-state index in [0.717, 1.165) is 30.4 Å². The molecule has 1 aliphatic carbocycles. The number of ether oxygens (including phenoxy) is 2. The van der Waals surface area contributed by atoms with E-state index in [1.54, 1.807) is 18.2 Å². The molecule has 5 rings (SSSR count). The molecule has 2 atom stereocenters. The van der Waals surface area contributed by atoms with Gasteiger partial charge in [0.1, 0.15) is 29.2 Å². The monoisotopic (exact) mass is 464 g/mol. The molecule has 1 unspecified atom stereocenters. The van der Waals surface area contributed by atoms with Gasteiger partial charge in [-0.05, 0) is 84.5 Å². The molecule has 1 N–H and O–H groups in total. The van der Waals surface area contributed by atoms with Crippen molar-refractivity contribution >= 4 is 5.97 Å². The number of carboxylic acid groups (broad SMARTS) is 1. The highest BCUT2D eigenvalue weighted by Crippen LogP contribution is 2.46. The summed E-state index contributed by atoms with van der Waals surface area (Å²) in [6.45, 7) is 0. The quantitative estimate of drug-likeness (QED) is 0.424. The van der Waals surface area contributed by atoms with Gasteiger partial charge < -0.3 is 14.6 Å². The van der Waals surface area contributed by atoms with Crippen molar-refractivity contribution < 1.29 is 28.2 Å². The van der Waals surface area contributed by atoms with Crippen LogP contribution in [0.15, 0.2) is 54.6 Å². The highest BCUT2D eigenvalue weighted by Gasteiger charge is 2.34. The normalized spacial score (nSPS) is 18.0. The zero-order valence-electron chi connectivity index (χ0n) is 18.9. The van der Waals surface area contributed by atoms with Crippen LogP contribution in [0.2, 0.25) is 0 Å². The van der Waals surface area contributed by atoms with Gasteiger partial charge >= 0.3 is 5.97 Å². The van der Waals surface area contributed by atoms with Crippen LogP contribution >= 0.6 is 0 Å². The fraction of sp³-hybridized carbons (Fsp3) is 0.321. The number of fused-ring (bicyclic) bond motifs is 1. The Morgan fingerprint density at radius 2 is 1.88 bits per heavy atom. The summed E-state index contributed by atoms with van der Waals surface area (Å²) in [5.41, 5.74) is 3.13. The lowest BCUT2D eigenvalue weighted by Crippen LogP contribution is -2.17. The maximum absolute atomic E-state index is 15.2. The van der Waals surface area contributed by atoms with E-state index in [1.165, 1.54) is 25.3 Å². The number of rotatable bonds is 7. The minimum absolute atomic E-state index is 0.0273. The Balaban J connectivity index is 1.40. The van der Waals surface area contributed by atoms with Crippen molar-refractivity contribution in [1.29, 1.82) is 0 Å². The molecule has 176 valence electrons. The maximum atomic E-state index is 15.2. The zero-order valence-corrected chi connectivity index (χ0v) is 18.9. The third kappa shape index (κ3) is 4.49. The van der Waals surface area contributed by atoms with E-state index in [2.05, 4.69) is 0 Å².